The molecule has 1 heterocycles. The molecule has 2 atom stereocenters. The normalized spacial score (nSPS) is 17.3. The summed E-state index contributed by atoms with van der Waals surface area (Å²) in [5.41, 5.74) is 2.60. The zero-order chi connectivity index (χ0) is 22.9. The lowest BCUT2D eigenvalue weighted by Gasteiger charge is -2.34. The first-order valence-corrected chi connectivity index (χ1v) is 10.7. The van der Waals surface area contributed by atoms with Crippen LogP contribution in [-0.2, 0) is 17.9 Å². The quantitative estimate of drug-likeness (QED) is 0.592. The smallest absolute Gasteiger partial charge is 0.245 e. The van der Waals surface area contributed by atoms with Crippen LogP contribution in [0.2, 0.25) is 0 Å². The van der Waals surface area contributed by atoms with Gasteiger partial charge in [0.2, 0.25) is 5.91 Å². The van der Waals surface area contributed by atoms with E-state index in [0.29, 0.717) is 30.9 Å². The van der Waals surface area contributed by atoms with Crippen molar-refractivity contribution in [2.24, 2.45) is 0 Å². The molecule has 4 rings (SSSR count). The number of aliphatic hydroxyl groups is 1. The molecule has 0 spiro atoms. The van der Waals surface area contributed by atoms with E-state index in [1.54, 1.807) is 6.07 Å². The second-order valence-corrected chi connectivity index (χ2v) is 7.52. The van der Waals surface area contributed by atoms with Crippen LogP contribution in [0.5, 0.6) is 5.75 Å². The number of amides is 1. The van der Waals surface area contributed by atoms with E-state index >= 15 is 0 Å². The van der Waals surface area contributed by atoms with Gasteiger partial charge in [-0.05, 0) is 29.7 Å². The Morgan fingerprint density at radius 1 is 0.938 bits per heavy atom. The summed E-state index contributed by atoms with van der Waals surface area (Å²) < 4.78 is 20.0. The molecule has 0 fully saturated rings. The maximum atomic E-state index is 13.7. The minimum absolute atomic E-state index is 0.182. The lowest BCUT2D eigenvalue weighted by atomic mass is 10.0. The summed E-state index contributed by atoms with van der Waals surface area (Å²) in [5, 5.41) is 9.88. The van der Waals surface area contributed by atoms with Gasteiger partial charge in [-0.15, -0.1) is 0 Å². The predicted molar refractivity (Wildman–Crippen MR) is 124 cm³/mol. The van der Waals surface area contributed by atoms with E-state index in [4.69, 9.17) is 9.84 Å². The first-order valence-electron chi connectivity index (χ1n) is 10.7. The minimum Gasteiger partial charge on any atom is -0.486 e. The molecule has 32 heavy (non-hydrogen) atoms. The number of fused-ring (bicyclic) bond motifs is 1. The number of carbonyl (C=O) groups is 1. The molecular formula is C26H29FN2O3. The van der Waals surface area contributed by atoms with E-state index in [1.165, 1.54) is 12.1 Å². The molecule has 1 amide bonds. The molecule has 3 aromatic rings. The number of hydrogen-bond acceptors (Lipinski definition) is 4. The number of rotatable bonds is 6. The fraction of sp³-hybridized carbons (Fsp3) is 0.269. The van der Waals surface area contributed by atoms with Crippen LogP contribution < -0.4 is 10.1 Å². The van der Waals surface area contributed by atoms with Crippen molar-refractivity contribution < 1.29 is 19.0 Å². The molecule has 1 aliphatic rings. The summed E-state index contributed by atoms with van der Waals surface area (Å²) in [6.07, 6.45) is 0.291. The molecule has 0 radical (unpaired) electrons. The first-order chi connectivity index (χ1) is 15.6. The summed E-state index contributed by atoms with van der Waals surface area (Å²) in [6, 6.07) is 23.9. The van der Waals surface area contributed by atoms with Crippen LogP contribution in [0.15, 0.2) is 78.9 Å². The Bertz CT molecular complexity index is 957. The lowest BCUT2D eigenvalue weighted by molar-refractivity contribution is -0.125. The van der Waals surface area contributed by atoms with E-state index in [9.17, 15) is 9.18 Å². The van der Waals surface area contributed by atoms with Crippen molar-refractivity contribution in [3.05, 3.63) is 95.8 Å². The second kappa shape index (κ2) is 11.4. The Hall–Kier alpha value is -3.22. The van der Waals surface area contributed by atoms with Gasteiger partial charge in [-0.1, -0.05) is 67.6 Å². The average Bonchev–Trinajstić information content (AvgIpc) is 2.96. The average molecular weight is 437 g/mol. The Labute approximate surface area is 188 Å². The molecule has 1 aliphatic heterocycles. The largest absolute Gasteiger partial charge is 0.486 e. The van der Waals surface area contributed by atoms with Crippen LogP contribution in [0, 0.1) is 5.82 Å². The van der Waals surface area contributed by atoms with E-state index in [-0.39, 0.29) is 12.0 Å². The summed E-state index contributed by atoms with van der Waals surface area (Å²) in [5.74, 6) is -0.0916. The monoisotopic (exact) mass is 436 g/mol. The fourth-order valence-corrected chi connectivity index (χ4v) is 3.90. The van der Waals surface area contributed by atoms with Gasteiger partial charge in [0.05, 0.1) is 5.69 Å². The highest BCUT2D eigenvalue weighted by Gasteiger charge is 2.37. The molecule has 168 valence electrons. The molecule has 0 saturated carbocycles. The summed E-state index contributed by atoms with van der Waals surface area (Å²) in [6.45, 7) is 3.19. The van der Waals surface area contributed by atoms with Crippen LogP contribution in [0.3, 0.4) is 0 Å². The molecule has 6 heteroatoms. The van der Waals surface area contributed by atoms with Crippen molar-refractivity contribution in [3.63, 3.8) is 0 Å². The zero-order valence-corrected chi connectivity index (χ0v) is 18.4. The first kappa shape index (κ1) is 23.4. The van der Waals surface area contributed by atoms with Crippen molar-refractivity contribution in [3.8, 4) is 5.75 Å². The van der Waals surface area contributed by atoms with Gasteiger partial charge in [0.15, 0.2) is 0 Å². The third kappa shape index (κ3) is 5.72. The summed E-state index contributed by atoms with van der Waals surface area (Å²) >= 11 is 0. The van der Waals surface area contributed by atoms with E-state index in [0.717, 1.165) is 18.2 Å². The molecule has 2 N–H and O–H groups in total. The maximum absolute atomic E-state index is 13.7. The fourth-order valence-electron chi connectivity index (χ4n) is 3.90. The Balaban J connectivity index is 0.00000141. The standard InChI is InChI=1S/C25H25FN2O2.CH4O/c1-2-22-24(25(29)27-21-15-20(26)13-14-23(21)30-22)28(16-18-9-5-3-6-10-18)17-19-11-7-4-8-12-19;1-2/h3-15,22,24H,2,16-17H2,1H3,(H,27,29);2H,1H3/t22-,24+;/m1./s1. The van der Waals surface area contributed by atoms with E-state index in [1.807, 2.05) is 43.3 Å². The Kier molecular flexibility index (Phi) is 8.36. The third-order valence-corrected chi connectivity index (χ3v) is 5.35. The van der Waals surface area contributed by atoms with E-state index < -0.39 is 11.9 Å². The summed E-state index contributed by atoms with van der Waals surface area (Å²) in [7, 11) is 1.00. The number of carbonyl (C=O) groups excluding carboxylic acids is 1. The second-order valence-electron chi connectivity index (χ2n) is 7.52. The van der Waals surface area contributed by atoms with Crippen LogP contribution in [0.1, 0.15) is 24.5 Å². The zero-order valence-electron chi connectivity index (χ0n) is 18.4. The highest BCUT2D eigenvalue weighted by atomic mass is 19.1. The number of nitrogens with one attached hydrogen (secondary N) is 1. The summed E-state index contributed by atoms with van der Waals surface area (Å²) in [4.78, 5) is 15.5. The molecule has 5 nitrogen and oxygen atoms in total. The van der Waals surface area contributed by atoms with Crippen LogP contribution in [0.4, 0.5) is 10.1 Å². The third-order valence-electron chi connectivity index (χ3n) is 5.35. The van der Waals surface area contributed by atoms with Gasteiger partial charge in [0, 0.05) is 26.3 Å². The Morgan fingerprint density at radius 2 is 1.50 bits per heavy atom. The molecule has 0 aliphatic carbocycles. The van der Waals surface area contributed by atoms with Gasteiger partial charge in [-0.25, -0.2) is 4.39 Å². The highest BCUT2D eigenvalue weighted by Crippen LogP contribution is 2.32. The molecule has 0 saturated heterocycles. The maximum Gasteiger partial charge on any atom is 0.245 e. The lowest BCUT2D eigenvalue weighted by Crippen LogP contribution is -2.51. The number of aliphatic hydroxyl groups excluding tert-OH is 1. The van der Waals surface area contributed by atoms with Gasteiger partial charge in [-0.2, -0.15) is 0 Å². The van der Waals surface area contributed by atoms with Gasteiger partial charge >= 0.3 is 0 Å². The van der Waals surface area contributed by atoms with E-state index in [2.05, 4.69) is 34.5 Å². The topological polar surface area (TPSA) is 61.8 Å². The van der Waals surface area contributed by atoms with Crippen molar-refractivity contribution in [1.29, 1.82) is 0 Å². The van der Waals surface area contributed by atoms with Crippen LogP contribution in [-0.4, -0.2) is 35.2 Å². The number of hydrogen-bond donors (Lipinski definition) is 2. The molecule has 0 unspecified atom stereocenters. The molecule has 3 aromatic carbocycles. The number of benzene rings is 3. The van der Waals surface area contributed by atoms with Crippen molar-refractivity contribution in [2.75, 3.05) is 12.4 Å². The highest BCUT2D eigenvalue weighted by molar-refractivity contribution is 5.97. The van der Waals surface area contributed by atoms with Gasteiger partial charge < -0.3 is 15.2 Å². The van der Waals surface area contributed by atoms with Crippen molar-refractivity contribution in [2.45, 2.75) is 38.6 Å². The van der Waals surface area contributed by atoms with Crippen molar-refractivity contribution in [1.82, 2.24) is 4.90 Å². The van der Waals surface area contributed by atoms with Gasteiger partial charge in [-0.3, -0.25) is 9.69 Å². The SMILES string of the molecule is CC[C@H]1Oc2ccc(F)cc2NC(=O)[C@H]1N(Cc1ccccc1)Cc1ccccc1.CO. The minimum atomic E-state index is -0.522. The number of nitrogens with zero attached hydrogens (tertiary/aromatic N) is 1. The van der Waals surface area contributed by atoms with Crippen LogP contribution in [0.25, 0.3) is 0 Å². The van der Waals surface area contributed by atoms with Crippen LogP contribution >= 0.6 is 0 Å². The Morgan fingerprint density at radius 3 is 2.03 bits per heavy atom. The van der Waals surface area contributed by atoms with Gasteiger partial charge in [0.25, 0.3) is 0 Å². The van der Waals surface area contributed by atoms with Crippen molar-refractivity contribution >= 4 is 11.6 Å². The molecule has 0 aromatic heterocycles. The molecule has 0 bridgehead atoms. The number of ether oxygens (including phenoxy) is 1. The number of anilines is 1. The predicted octanol–water partition coefficient (Wildman–Crippen LogP) is 4.61. The van der Waals surface area contributed by atoms with Gasteiger partial charge in [0.1, 0.15) is 23.7 Å². The molecular weight excluding hydrogens is 407 g/mol. The number of halogens is 1.